The number of esters is 1. The average Bonchev–Trinajstić information content (AvgIpc) is 2.88. The summed E-state index contributed by atoms with van der Waals surface area (Å²) in [5, 5.41) is 7.77. The quantitative estimate of drug-likeness (QED) is 0.816. The van der Waals surface area contributed by atoms with Crippen LogP contribution >= 0.6 is 0 Å². The zero-order valence-corrected chi connectivity index (χ0v) is 10.6. The Morgan fingerprint density at radius 3 is 2.94 bits per heavy atom. The summed E-state index contributed by atoms with van der Waals surface area (Å²) in [7, 11) is 1.47. The van der Waals surface area contributed by atoms with Crippen molar-refractivity contribution in [2.24, 2.45) is 0 Å². The molecule has 0 radical (unpaired) electrons. The number of carbonyl (C=O) groups is 1. The highest BCUT2D eigenvalue weighted by Crippen LogP contribution is 2.40. The van der Waals surface area contributed by atoms with Crippen LogP contribution in [-0.4, -0.2) is 34.4 Å². The fraction of sp³-hybridized carbons (Fsp3) is 0.692. The molecule has 0 aliphatic heterocycles. The normalized spacial score (nSPS) is 31.5. The lowest BCUT2D eigenvalue weighted by Gasteiger charge is -2.27. The number of nitrogens with zero attached hydrogens (tertiary/aromatic N) is 2. The predicted octanol–water partition coefficient (Wildman–Crippen LogP) is 1.27. The van der Waals surface area contributed by atoms with Crippen molar-refractivity contribution in [1.29, 1.82) is 0 Å². The first kappa shape index (κ1) is 11.7. The number of nitrogens with one attached hydrogen (secondary N) is 1. The maximum atomic E-state index is 12.1. The van der Waals surface area contributed by atoms with Crippen molar-refractivity contribution in [1.82, 2.24) is 15.1 Å². The van der Waals surface area contributed by atoms with Gasteiger partial charge >= 0.3 is 5.97 Å². The van der Waals surface area contributed by atoms with Gasteiger partial charge in [0.15, 0.2) is 0 Å². The molecule has 0 bridgehead atoms. The molecule has 2 fully saturated rings. The third-order valence-corrected chi connectivity index (χ3v) is 4.02. The zero-order valence-electron chi connectivity index (χ0n) is 10.6. The molecule has 2 aliphatic carbocycles. The fourth-order valence-corrected chi connectivity index (χ4v) is 2.93. The van der Waals surface area contributed by atoms with Crippen LogP contribution in [0.5, 0.6) is 0 Å². The Labute approximate surface area is 107 Å². The summed E-state index contributed by atoms with van der Waals surface area (Å²) in [4.78, 5) is 12.1. The van der Waals surface area contributed by atoms with Crippen LogP contribution in [0.15, 0.2) is 18.5 Å². The van der Waals surface area contributed by atoms with Crippen molar-refractivity contribution in [3.63, 3.8) is 0 Å². The first-order valence-electron chi connectivity index (χ1n) is 6.59. The molecule has 0 amide bonds. The SMILES string of the molecule is COC(=O)C1(NC2CC2)CCC(n2cccn2)C1. The highest BCUT2D eigenvalue weighted by atomic mass is 16.5. The molecule has 1 heterocycles. The molecule has 0 aromatic carbocycles. The Kier molecular flexibility index (Phi) is 2.86. The summed E-state index contributed by atoms with van der Waals surface area (Å²) >= 11 is 0. The number of ether oxygens (including phenoxy) is 1. The minimum Gasteiger partial charge on any atom is -0.468 e. The smallest absolute Gasteiger partial charge is 0.326 e. The molecule has 18 heavy (non-hydrogen) atoms. The van der Waals surface area contributed by atoms with Gasteiger partial charge in [0.1, 0.15) is 5.54 Å². The van der Waals surface area contributed by atoms with Crippen molar-refractivity contribution < 1.29 is 9.53 Å². The Morgan fingerprint density at radius 1 is 1.50 bits per heavy atom. The number of rotatable bonds is 4. The van der Waals surface area contributed by atoms with Crippen LogP contribution < -0.4 is 5.32 Å². The Hall–Kier alpha value is -1.36. The molecular weight excluding hydrogens is 230 g/mol. The minimum atomic E-state index is -0.494. The average molecular weight is 249 g/mol. The Bertz CT molecular complexity index is 427. The van der Waals surface area contributed by atoms with Gasteiger partial charge in [-0.2, -0.15) is 5.10 Å². The molecule has 3 rings (SSSR count). The van der Waals surface area contributed by atoms with E-state index in [4.69, 9.17) is 4.74 Å². The van der Waals surface area contributed by atoms with Crippen LogP contribution in [0, 0.1) is 0 Å². The molecular formula is C13H19N3O2. The molecule has 1 aromatic heterocycles. The van der Waals surface area contributed by atoms with Gasteiger partial charge in [0.05, 0.1) is 13.2 Å². The van der Waals surface area contributed by atoms with Crippen LogP contribution in [0.4, 0.5) is 0 Å². The molecule has 2 aliphatic rings. The molecule has 1 N–H and O–H groups in total. The van der Waals surface area contributed by atoms with Crippen molar-refractivity contribution >= 4 is 5.97 Å². The van der Waals surface area contributed by atoms with Gasteiger partial charge in [-0.05, 0) is 38.2 Å². The van der Waals surface area contributed by atoms with Crippen molar-refractivity contribution in [2.45, 2.75) is 49.7 Å². The van der Waals surface area contributed by atoms with E-state index in [0.717, 1.165) is 19.3 Å². The summed E-state index contributed by atoms with van der Waals surface area (Å²) < 4.78 is 6.96. The molecule has 0 saturated heterocycles. The van der Waals surface area contributed by atoms with Gasteiger partial charge in [-0.3, -0.25) is 14.8 Å². The summed E-state index contributed by atoms with van der Waals surface area (Å²) in [6.45, 7) is 0. The highest BCUT2D eigenvalue weighted by Gasteiger charge is 2.49. The molecule has 2 saturated carbocycles. The van der Waals surface area contributed by atoms with E-state index in [9.17, 15) is 4.79 Å². The van der Waals surface area contributed by atoms with E-state index < -0.39 is 5.54 Å². The monoisotopic (exact) mass is 249 g/mol. The van der Waals surface area contributed by atoms with E-state index in [1.807, 2.05) is 16.9 Å². The molecule has 5 nitrogen and oxygen atoms in total. The number of hydrogen-bond donors (Lipinski definition) is 1. The lowest BCUT2D eigenvalue weighted by atomic mass is 9.97. The third-order valence-electron chi connectivity index (χ3n) is 4.02. The largest absolute Gasteiger partial charge is 0.468 e. The second-order valence-corrected chi connectivity index (χ2v) is 5.37. The first-order valence-corrected chi connectivity index (χ1v) is 6.59. The summed E-state index contributed by atoms with van der Waals surface area (Å²) in [5.74, 6) is -0.121. The van der Waals surface area contributed by atoms with Gasteiger partial charge in [-0.25, -0.2) is 0 Å². The summed E-state index contributed by atoms with van der Waals surface area (Å²) in [6, 6.07) is 2.72. The minimum absolute atomic E-state index is 0.121. The molecule has 0 spiro atoms. The van der Waals surface area contributed by atoms with Gasteiger partial charge in [-0.15, -0.1) is 0 Å². The van der Waals surface area contributed by atoms with E-state index in [1.165, 1.54) is 20.0 Å². The van der Waals surface area contributed by atoms with Crippen LogP contribution in [0.3, 0.4) is 0 Å². The van der Waals surface area contributed by atoms with E-state index in [2.05, 4.69) is 10.4 Å². The van der Waals surface area contributed by atoms with Crippen LogP contribution in [0.25, 0.3) is 0 Å². The molecule has 1 aromatic rings. The lowest BCUT2D eigenvalue weighted by Crippen LogP contribution is -2.51. The highest BCUT2D eigenvalue weighted by molar-refractivity contribution is 5.81. The third kappa shape index (κ3) is 2.03. The molecule has 5 heteroatoms. The fourth-order valence-electron chi connectivity index (χ4n) is 2.93. The lowest BCUT2D eigenvalue weighted by molar-refractivity contribution is -0.148. The maximum Gasteiger partial charge on any atom is 0.326 e. The number of methoxy groups -OCH3 is 1. The predicted molar refractivity (Wildman–Crippen MR) is 66.0 cm³/mol. The van der Waals surface area contributed by atoms with Crippen LogP contribution in [0.2, 0.25) is 0 Å². The topological polar surface area (TPSA) is 56.1 Å². The Morgan fingerprint density at radius 2 is 2.33 bits per heavy atom. The van der Waals surface area contributed by atoms with E-state index >= 15 is 0 Å². The van der Waals surface area contributed by atoms with Gasteiger partial charge in [0.2, 0.25) is 0 Å². The molecule has 2 unspecified atom stereocenters. The van der Waals surface area contributed by atoms with E-state index in [0.29, 0.717) is 12.1 Å². The van der Waals surface area contributed by atoms with Crippen molar-refractivity contribution in [3.05, 3.63) is 18.5 Å². The van der Waals surface area contributed by atoms with Crippen LogP contribution in [-0.2, 0) is 9.53 Å². The van der Waals surface area contributed by atoms with Crippen molar-refractivity contribution in [2.75, 3.05) is 7.11 Å². The standard InChI is InChI=1S/C13H19N3O2/c1-18-12(17)13(15-10-3-4-10)6-5-11(9-13)16-8-2-7-14-16/h2,7-8,10-11,15H,3-6,9H2,1H3. The molecule has 2 atom stereocenters. The van der Waals surface area contributed by atoms with Crippen molar-refractivity contribution in [3.8, 4) is 0 Å². The zero-order chi connectivity index (χ0) is 12.6. The van der Waals surface area contributed by atoms with Gasteiger partial charge in [0.25, 0.3) is 0 Å². The summed E-state index contributed by atoms with van der Waals surface area (Å²) in [6.07, 6.45) is 8.67. The summed E-state index contributed by atoms with van der Waals surface area (Å²) in [5.41, 5.74) is -0.494. The Balaban J connectivity index is 1.77. The number of hydrogen-bond acceptors (Lipinski definition) is 4. The second-order valence-electron chi connectivity index (χ2n) is 5.37. The second kappa shape index (κ2) is 4.39. The van der Waals surface area contributed by atoms with Crippen LogP contribution in [0.1, 0.15) is 38.1 Å². The molecule has 98 valence electrons. The van der Waals surface area contributed by atoms with Gasteiger partial charge < -0.3 is 4.74 Å². The van der Waals surface area contributed by atoms with Gasteiger partial charge in [-0.1, -0.05) is 0 Å². The first-order chi connectivity index (χ1) is 8.73. The van der Waals surface area contributed by atoms with Gasteiger partial charge in [0, 0.05) is 18.4 Å². The number of carbonyl (C=O) groups excluding carboxylic acids is 1. The number of aromatic nitrogens is 2. The van der Waals surface area contributed by atoms with E-state index in [-0.39, 0.29) is 5.97 Å². The van der Waals surface area contributed by atoms with E-state index in [1.54, 1.807) is 6.20 Å². The maximum absolute atomic E-state index is 12.1.